The van der Waals surface area contributed by atoms with Gasteiger partial charge in [0, 0.05) is 6.04 Å². The molecule has 120 valence electrons. The highest BCUT2D eigenvalue weighted by atomic mass is 35.5. The van der Waals surface area contributed by atoms with Gasteiger partial charge in [-0.3, -0.25) is 4.79 Å². The van der Waals surface area contributed by atoms with Crippen molar-refractivity contribution in [3.05, 3.63) is 34.9 Å². The number of aryl methyl sites for hydroxylation is 2. The lowest BCUT2D eigenvalue weighted by molar-refractivity contribution is -0.123. The summed E-state index contributed by atoms with van der Waals surface area (Å²) in [6.45, 7) is 10.4. The van der Waals surface area contributed by atoms with Crippen molar-refractivity contribution in [2.75, 3.05) is 0 Å². The van der Waals surface area contributed by atoms with Crippen LogP contribution in [0.4, 0.5) is 0 Å². The molecule has 0 saturated carbocycles. The van der Waals surface area contributed by atoms with E-state index in [2.05, 4.69) is 51.2 Å². The van der Waals surface area contributed by atoms with Crippen LogP contribution in [0.15, 0.2) is 18.2 Å². The SMILES string of the molecule is Cc1cc(C)cc(CC(C)NC(=O)[C@@H](N)CC(C)C)c1.Cl. The summed E-state index contributed by atoms with van der Waals surface area (Å²) in [6.07, 6.45) is 1.56. The van der Waals surface area contributed by atoms with E-state index >= 15 is 0 Å². The van der Waals surface area contributed by atoms with Crippen LogP contribution < -0.4 is 11.1 Å². The van der Waals surface area contributed by atoms with Gasteiger partial charge in [-0.1, -0.05) is 43.2 Å². The second kappa shape index (κ2) is 9.06. The molecule has 1 aromatic carbocycles. The summed E-state index contributed by atoms with van der Waals surface area (Å²) in [5.41, 5.74) is 9.67. The minimum atomic E-state index is -0.406. The van der Waals surface area contributed by atoms with Gasteiger partial charge in [-0.05, 0) is 45.1 Å². The average Bonchev–Trinajstić information content (AvgIpc) is 2.25. The second-order valence-electron chi connectivity index (χ2n) is 6.35. The van der Waals surface area contributed by atoms with Crippen molar-refractivity contribution < 1.29 is 4.79 Å². The molecule has 0 spiro atoms. The third kappa shape index (κ3) is 7.49. The zero-order valence-electron chi connectivity index (χ0n) is 13.8. The first-order valence-electron chi connectivity index (χ1n) is 7.41. The molecule has 0 aliphatic carbocycles. The Morgan fingerprint density at radius 1 is 1.14 bits per heavy atom. The highest BCUT2D eigenvalue weighted by molar-refractivity contribution is 5.85. The summed E-state index contributed by atoms with van der Waals surface area (Å²) in [5.74, 6) is 0.390. The lowest BCUT2D eigenvalue weighted by Gasteiger charge is -2.19. The van der Waals surface area contributed by atoms with E-state index in [4.69, 9.17) is 5.73 Å². The minimum Gasteiger partial charge on any atom is -0.352 e. The molecule has 21 heavy (non-hydrogen) atoms. The molecule has 3 nitrogen and oxygen atoms in total. The van der Waals surface area contributed by atoms with Crippen LogP contribution in [0.1, 0.15) is 43.9 Å². The van der Waals surface area contributed by atoms with Gasteiger partial charge in [-0.15, -0.1) is 12.4 Å². The third-order valence-electron chi connectivity index (χ3n) is 3.27. The van der Waals surface area contributed by atoms with Gasteiger partial charge < -0.3 is 11.1 Å². The van der Waals surface area contributed by atoms with E-state index in [1.807, 2.05) is 6.92 Å². The highest BCUT2D eigenvalue weighted by Crippen LogP contribution is 2.11. The summed E-state index contributed by atoms with van der Waals surface area (Å²) in [4.78, 5) is 12.0. The van der Waals surface area contributed by atoms with Crippen LogP contribution in [0.25, 0.3) is 0 Å². The number of hydrogen-bond acceptors (Lipinski definition) is 2. The zero-order chi connectivity index (χ0) is 15.3. The lowest BCUT2D eigenvalue weighted by atomic mass is 10.0. The molecular weight excluding hydrogens is 284 g/mol. The summed E-state index contributed by atoms with van der Waals surface area (Å²) < 4.78 is 0. The van der Waals surface area contributed by atoms with Gasteiger partial charge in [-0.2, -0.15) is 0 Å². The van der Waals surface area contributed by atoms with Crippen LogP contribution in [0, 0.1) is 19.8 Å². The lowest BCUT2D eigenvalue weighted by Crippen LogP contribution is -2.45. The fraction of sp³-hybridized carbons (Fsp3) is 0.588. The minimum absolute atomic E-state index is 0. The van der Waals surface area contributed by atoms with Gasteiger partial charge in [0.15, 0.2) is 0 Å². The molecule has 0 aliphatic rings. The van der Waals surface area contributed by atoms with Crippen molar-refractivity contribution in [3.63, 3.8) is 0 Å². The Labute approximate surface area is 135 Å². The monoisotopic (exact) mass is 312 g/mol. The van der Waals surface area contributed by atoms with Crippen LogP contribution in [-0.2, 0) is 11.2 Å². The Bertz CT molecular complexity index is 440. The van der Waals surface area contributed by atoms with E-state index in [1.54, 1.807) is 0 Å². The summed E-state index contributed by atoms with van der Waals surface area (Å²) in [6, 6.07) is 6.19. The zero-order valence-corrected chi connectivity index (χ0v) is 14.6. The van der Waals surface area contributed by atoms with Crippen LogP contribution in [0.5, 0.6) is 0 Å². The average molecular weight is 313 g/mol. The van der Waals surface area contributed by atoms with Crippen molar-refractivity contribution in [2.45, 2.75) is 59.5 Å². The first-order chi connectivity index (χ1) is 9.27. The third-order valence-corrected chi connectivity index (χ3v) is 3.27. The quantitative estimate of drug-likeness (QED) is 0.848. The van der Waals surface area contributed by atoms with Gasteiger partial charge in [-0.25, -0.2) is 0 Å². The van der Waals surface area contributed by atoms with Crippen molar-refractivity contribution in [1.29, 1.82) is 0 Å². The predicted octanol–water partition coefficient (Wildman–Crippen LogP) is 3.15. The van der Waals surface area contributed by atoms with E-state index in [0.29, 0.717) is 5.92 Å². The maximum absolute atomic E-state index is 12.0. The highest BCUT2D eigenvalue weighted by Gasteiger charge is 2.17. The van der Waals surface area contributed by atoms with E-state index in [0.717, 1.165) is 12.8 Å². The number of carbonyl (C=O) groups is 1. The fourth-order valence-electron chi connectivity index (χ4n) is 2.56. The van der Waals surface area contributed by atoms with Crippen molar-refractivity contribution in [3.8, 4) is 0 Å². The van der Waals surface area contributed by atoms with E-state index in [1.165, 1.54) is 16.7 Å². The van der Waals surface area contributed by atoms with Gasteiger partial charge in [0.1, 0.15) is 0 Å². The molecule has 0 bridgehead atoms. The summed E-state index contributed by atoms with van der Waals surface area (Å²) >= 11 is 0. The Morgan fingerprint density at radius 2 is 1.67 bits per heavy atom. The molecule has 4 heteroatoms. The number of benzene rings is 1. The molecule has 1 aromatic rings. The Morgan fingerprint density at radius 3 is 2.14 bits per heavy atom. The molecule has 1 amide bonds. The summed E-state index contributed by atoms with van der Waals surface area (Å²) in [7, 11) is 0. The van der Waals surface area contributed by atoms with Gasteiger partial charge in [0.25, 0.3) is 0 Å². The van der Waals surface area contributed by atoms with E-state index in [9.17, 15) is 4.79 Å². The smallest absolute Gasteiger partial charge is 0.237 e. The van der Waals surface area contributed by atoms with E-state index < -0.39 is 6.04 Å². The van der Waals surface area contributed by atoms with E-state index in [-0.39, 0.29) is 24.4 Å². The normalized spacial score (nSPS) is 13.5. The largest absolute Gasteiger partial charge is 0.352 e. The number of nitrogens with one attached hydrogen (secondary N) is 1. The molecule has 0 saturated heterocycles. The fourth-order valence-corrected chi connectivity index (χ4v) is 2.56. The Balaban J connectivity index is 0.00000400. The molecule has 0 radical (unpaired) electrons. The molecule has 1 unspecified atom stereocenters. The molecule has 0 aliphatic heterocycles. The first-order valence-corrected chi connectivity index (χ1v) is 7.41. The van der Waals surface area contributed by atoms with Crippen LogP contribution >= 0.6 is 12.4 Å². The number of nitrogens with two attached hydrogens (primary N) is 1. The topological polar surface area (TPSA) is 55.1 Å². The van der Waals surface area contributed by atoms with Crippen molar-refractivity contribution in [1.82, 2.24) is 5.32 Å². The molecule has 1 rings (SSSR count). The molecule has 3 N–H and O–H groups in total. The summed E-state index contributed by atoms with van der Waals surface area (Å²) in [5, 5.41) is 3.01. The van der Waals surface area contributed by atoms with Crippen LogP contribution in [0.3, 0.4) is 0 Å². The number of halogens is 1. The second-order valence-corrected chi connectivity index (χ2v) is 6.35. The number of amides is 1. The first kappa shape index (κ1) is 19.9. The standard InChI is InChI=1S/C17H28N2O.ClH/c1-11(2)6-16(18)17(20)19-14(5)10-15-8-12(3)7-13(4)9-15;/h7-9,11,14,16H,6,10,18H2,1-5H3,(H,19,20);1H/t14?,16-;/m0./s1. The maximum atomic E-state index is 12.0. The molecule has 2 atom stereocenters. The Hall–Kier alpha value is -1.06. The molecular formula is C17H29ClN2O. The number of carbonyl (C=O) groups excluding carboxylic acids is 1. The molecule has 0 heterocycles. The van der Waals surface area contributed by atoms with Crippen molar-refractivity contribution in [2.24, 2.45) is 11.7 Å². The van der Waals surface area contributed by atoms with Crippen molar-refractivity contribution >= 4 is 18.3 Å². The van der Waals surface area contributed by atoms with Gasteiger partial charge >= 0.3 is 0 Å². The number of rotatable bonds is 6. The molecule has 0 fully saturated rings. The number of hydrogen-bond donors (Lipinski definition) is 2. The maximum Gasteiger partial charge on any atom is 0.237 e. The predicted molar refractivity (Wildman–Crippen MR) is 91.9 cm³/mol. The Kier molecular flexibility index (Phi) is 8.60. The van der Waals surface area contributed by atoms with Crippen LogP contribution in [-0.4, -0.2) is 18.0 Å². The van der Waals surface area contributed by atoms with Crippen LogP contribution in [0.2, 0.25) is 0 Å². The van der Waals surface area contributed by atoms with Gasteiger partial charge in [0.2, 0.25) is 5.91 Å². The molecule has 0 aromatic heterocycles. The van der Waals surface area contributed by atoms with Gasteiger partial charge in [0.05, 0.1) is 6.04 Å².